The number of hydrogen-bond donors (Lipinski definition) is 0. The lowest BCUT2D eigenvalue weighted by atomic mass is 9.92. The zero-order chi connectivity index (χ0) is 16.4. The minimum atomic E-state index is 0.373. The molecule has 0 amide bonds. The Morgan fingerprint density at radius 3 is 2.83 bits per heavy atom. The van der Waals surface area contributed by atoms with Gasteiger partial charge in [0.25, 0.3) is 0 Å². The van der Waals surface area contributed by atoms with E-state index in [4.69, 9.17) is 4.74 Å². The Hall–Kier alpha value is -1.36. The first-order chi connectivity index (χ1) is 11.7. The first-order valence-corrected chi connectivity index (χ1v) is 9.63. The van der Waals surface area contributed by atoms with E-state index in [-0.39, 0.29) is 0 Å². The van der Waals surface area contributed by atoms with Gasteiger partial charge in [-0.1, -0.05) is 30.3 Å². The summed E-state index contributed by atoms with van der Waals surface area (Å²) in [4.78, 5) is 6.90. The summed E-state index contributed by atoms with van der Waals surface area (Å²) in [5, 5.41) is 0. The van der Waals surface area contributed by atoms with Gasteiger partial charge in [-0.15, -0.1) is 11.8 Å². The maximum Gasteiger partial charge on any atom is 0.0892 e. The summed E-state index contributed by atoms with van der Waals surface area (Å²) in [7, 11) is 0. The molecule has 0 radical (unpaired) electrons. The summed E-state index contributed by atoms with van der Waals surface area (Å²) in [6, 6.07) is 14.7. The average Bonchev–Trinajstić information content (AvgIpc) is 3.00. The van der Waals surface area contributed by atoms with Gasteiger partial charge in [0, 0.05) is 36.3 Å². The predicted octanol–water partition coefficient (Wildman–Crippen LogP) is 3.67. The Bertz CT molecular complexity index is 685. The second-order valence-corrected chi connectivity index (χ2v) is 8.51. The van der Waals surface area contributed by atoms with Crippen molar-refractivity contribution < 1.29 is 4.74 Å². The van der Waals surface area contributed by atoms with E-state index in [1.54, 1.807) is 0 Å². The molecule has 1 atom stereocenters. The molecule has 2 aliphatic heterocycles. The topological polar surface area (TPSA) is 25.4 Å². The first kappa shape index (κ1) is 16.1. The molecule has 24 heavy (non-hydrogen) atoms. The predicted molar refractivity (Wildman–Crippen MR) is 99.1 cm³/mol. The summed E-state index contributed by atoms with van der Waals surface area (Å²) >= 11 is 2.11. The lowest BCUT2D eigenvalue weighted by Gasteiger charge is -2.47. The zero-order valence-corrected chi connectivity index (χ0v) is 15.0. The summed E-state index contributed by atoms with van der Waals surface area (Å²) in [5.41, 5.74) is 3.88. The van der Waals surface area contributed by atoms with Gasteiger partial charge in [-0.2, -0.15) is 0 Å². The molecular formula is C20H24N2OS. The van der Waals surface area contributed by atoms with E-state index in [1.807, 2.05) is 24.4 Å². The van der Waals surface area contributed by atoms with Crippen LogP contribution >= 0.6 is 11.8 Å². The molecule has 2 aliphatic rings. The van der Waals surface area contributed by atoms with Crippen molar-refractivity contribution in [2.24, 2.45) is 0 Å². The number of pyridine rings is 1. The van der Waals surface area contributed by atoms with Gasteiger partial charge in [0.15, 0.2) is 0 Å². The van der Waals surface area contributed by atoms with E-state index in [2.05, 4.69) is 52.8 Å². The third-order valence-corrected chi connectivity index (χ3v) is 6.62. The lowest BCUT2D eigenvalue weighted by molar-refractivity contribution is 0.0250. The van der Waals surface area contributed by atoms with Crippen molar-refractivity contribution in [1.82, 2.24) is 9.88 Å². The van der Waals surface area contributed by atoms with Crippen LogP contribution < -0.4 is 0 Å². The van der Waals surface area contributed by atoms with E-state index < -0.39 is 0 Å². The molecule has 0 saturated carbocycles. The molecule has 1 aromatic heterocycles. The minimum absolute atomic E-state index is 0.373. The standard InChI is InChI=1S/C20H24N2OS/c1-16-6-2-3-7-17(16)11-22-14-20(15-22)10-19(13-24-20)23-12-18-8-4-5-9-21-18/h2-9,19H,10-15H2,1H3/t19-/m0/s1. The molecule has 4 rings (SSSR count). The monoisotopic (exact) mass is 340 g/mol. The van der Waals surface area contributed by atoms with Crippen LogP contribution in [0.4, 0.5) is 0 Å². The SMILES string of the molecule is Cc1ccccc1CN1CC2(C[C@H](OCc3ccccn3)CS2)C1. The van der Waals surface area contributed by atoms with Gasteiger partial charge in [-0.05, 0) is 36.6 Å². The Balaban J connectivity index is 1.25. The first-order valence-electron chi connectivity index (χ1n) is 8.65. The highest BCUT2D eigenvalue weighted by Gasteiger charge is 2.49. The van der Waals surface area contributed by atoms with E-state index in [0.717, 1.165) is 18.0 Å². The van der Waals surface area contributed by atoms with Crippen LogP contribution in [0.15, 0.2) is 48.7 Å². The van der Waals surface area contributed by atoms with E-state index in [9.17, 15) is 0 Å². The molecule has 2 aromatic rings. The van der Waals surface area contributed by atoms with Crippen LogP contribution in [0.5, 0.6) is 0 Å². The maximum absolute atomic E-state index is 6.09. The van der Waals surface area contributed by atoms with Crippen molar-refractivity contribution in [3.63, 3.8) is 0 Å². The molecule has 126 valence electrons. The van der Waals surface area contributed by atoms with Gasteiger partial charge in [0.05, 0.1) is 18.4 Å². The minimum Gasteiger partial charge on any atom is -0.371 e. The van der Waals surface area contributed by atoms with Crippen molar-refractivity contribution in [2.45, 2.75) is 37.3 Å². The largest absolute Gasteiger partial charge is 0.371 e. The fourth-order valence-electron chi connectivity index (χ4n) is 3.73. The highest BCUT2D eigenvalue weighted by Crippen LogP contribution is 2.46. The number of likely N-dealkylation sites (tertiary alicyclic amines) is 1. The number of benzene rings is 1. The van der Waals surface area contributed by atoms with Crippen LogP contribution in [-0.4, -0.2) is 39.6 Å². The molecule has 3 heterocycles. The van der Waals surface area contributed by atoms with Gasteiger partial charge in [0.1, 0.15) is 0 Å². The van der Waals surface area contributed by atoms with Crippen molar-refractivity contribution in [3.8, 4) is 0 Å². The van der Waals surface area contributed by atoms with E-state index >= 15 is 0 Å². The second-order valence-electron chi connectivity index (χ2n) is 7.02. The Morgan fingerprint density at radius 1 is 1.21 bits per heavy atom. The maximum atomic E-state index is 6.09. The van der Waals surface area contributed by atoms with Gasteiger partial charge < -0.3 is 4.74 Å². The van der Waals surface area contributed by atoms with Gasteiger partial charge in [-0.3, -0.25) is 9.88 Å². The molecule has 0 bridgehead atoms. The number of thioether (sulfide) groups is 1. The lowest BCUT2D eigenvalue weighted by Crippen LogP contribution is -2.58. The molecule has 2 fully saturated rings. The van der Waals surface area contributed by atoms with Gasteiger partial charge in [0.2, 0.25) is 0 Å². The molecule has 4 heteroatoms. The Labute approximate surface area is 148 Å². The van der Waals surface area contributed by atoms with Crippen LogP contribution in [0.2, 0.25) is 0 Å². The molecule has 0 aliphatic carbocycles. The van der Waals surface area contributed by atoms with Crippen LogP contribution in [0.1, 0.15) is 23.2 Å². The molecule has 1 aromatic carbocycles. The number of aryl methyl sites for hydroxylation is 1. The van der Waals surface area contributed by atoms with Crippen molar-refractivity contribution in [1.29, 1.82) is 0 Å². The molecule has 0 N–H and O–H groups in total. The molecule has 2 saturated heterocycles. The second kappa shape index (κ2) is 6.87. The van der Waals surface area contributed by atoms with E-state index in [1.165, 1.54) is 30.6 Å². The summed E-state index contributed by atoms with van der Waals surface area (Å²) < 4.78 is 6.52. The van der Waals surface area contributed by atoms with Crippen LogP contribution in [0.3, 0.4) is 0 Å². The molecule has 1 spiro atoms. The van der Waals surface area contributed by atoms with Crippen molar-refractivity contribution in [3.05, 3.63) is 65.5 Å². The zero-order valence-electron chi connectivity index (χ0n) is 14.1. The quantitative estimate of drug-likeness (QED) is 0.829. The average molecular weight is 340 g/mol. The third kappa shape index (κ3) is 3.51. The highest BCUT2D eigenvalue weighted by atomic mass is 32.2. The van der Waals surface area contributed by atoms with Crippen LogP contribution in [0, 0.1) is 6.92 Å². The smallest absolute Gasteiger partial charge is 0.0892 e. The number of aromatic nitrogens is 1. The van der Waals surface area contributed by atoms with Gasteiger partial charge >= 0.3 is 0 Å². The Kier molecular flexibility index (Phi) is 4.61. The molecule has 3 nitrogen and oxygen atoms in total. The van der Waals surface area contributed by atoms with Crippen LogP contribution in [-0.2, 0) is 17.9 Å². The number of ether oxygens (including phenoxy) is 1. The van der Waals surface area contributed by atoms with Gasteiger partial charge in [-0.25, -0.2) is 0 Å². The number of hydrogen-bond acceptors (Lipinski definition) is 4. The Morgan fingerprint density at radius 2 is 2.04 bits per heavy atom. The molecular weight excluding hydrogens is 316 g/mol. The summed E-state index contributed by atoms with van der Waals surface area (Å²) in [6.45, 7) is 6.30. The number of nitrogens with zero attached hydrogens (tertiary/aromatic N) is 2. The summed E-state index contributed by atoms with van der Waals surface area (Å²) in [5.74, 6) is 1.12. The normalized spacial score (nSPS) is 22.6. The highest BCUT2D eigenvalue weighted by molar-refractivity contribution is 8.01. The van der Waals surface area contributed by atoms with Crippen molar-refractivity contribution >= 4 is 11.8 Å². The van der Waals surface area contributed by atoms with Crippen LogP contribution in [0.25, 0.3) is 0 Å². The fourth-order valence-corrected chi connectivity index (χ4v) is 5.33. The number of rotatable bonds is 5. The van der Waals surface area contributed by atoms with E-state index in [0.29, 0.717) is 17.5 Å². The third-order valence-electron chi connectivity index (χ3n) is 5.05. The fraction of sp³-hybridized carbons (Fsp3) is 0.450. The molecule has 0 unspecified atom stereocenters. The summed E-state index contributed by atoms with van der Waals surface area (Å²) in [6.07, 6.45) is 3.38. The van der Waals surface area contributed by atoms with Crippen molar-refractivity contribution in [2.75, 3.05) is 18.8 Å².